The van der Waals surface area contributed by atoms with E-state index in [0.717, 1.165) is 5.56 Å². The minimum Gasteiger partial charge on any atom is -0.481 e. The number of benzene rings is 2. The number of carbonyl (C=O) groups is 2. The summed E-state index contributed by atoms with van der Waals surface area (Å²) in [7, 11) is -3.77. The maximum atomic E-state index is 13.0. The summed E-state index contributed by atoms with van der Waals surface area (Å²) in [6.45, 7) is 2.32. The topological polar surface area (TPSA) is 104 Å². The van der Waals surface area contributed by atoms with Crippen molar-refractivity contribution in [2.45, 2.75) is 43.0 Å². The molecule has 0 spiro atoms. The van der Waals surface area contributed by atoms with Crippen LogP contribution in [-0.2, 0) is 19.6 Å². The number of aryl methyl sites for hydroxylation is 1. The van der Waals surface area contributed by atoms with E-state index in [4.69, 9.17) is 0 Å². The first-order valence-corrected chi connectivity index (χ1v) is 11.4. The van der Waals surface area contributed by atoms with Crippen LogP contribution < -0.4 is 5.32 Å². The van der Waals surface area contributed by atoms with Gasteiger partial charge >= 0.3 is 5.97 Å². The molecule has 0 saturated carbocycles. The summed E-state index contributed by atoms with van der Waals surface area (Å²) >= 11 is 0. The van der Waals surface area contributed by atoms with Gasteiger partial charge in [0.05, 0.1) is 10.8 Å². The molecule has 1 fully saturated rings. The van der Waals surface area contributed by atoms with E-state index in [-0.39, 0.29) is 30.3 Å². The van der Waals surface area contributed by atoms with E-state index in [9.17, 15) is 23.1 Å². The zero-order valence-electron chi connectivity index (χ0n) is 16.8. The lowest BCUT2D eigenvalue weighted by molar-refractivity contribution is -0.139. The smallest absolute Gasteiger partial charge is 0.311 e. The normalized spacial score (nSPS) is 18.1. The molecule has 1 aliphatic heterocycles. The van der Waals surface area contributed by atoms with Gasteiger partial charge in [0.15, 0.2) is 0 Å². The zero-order valence-corrected chi connectivity index (χ0v) is 17.6. The largest absolute Gasteiger partial charge is 0.481 e. The van der Waals surface area contributed by atoms with Crippen LogP contribution in [0.4, 0.5) is 0 Å². The Hall–Kier alpha value is -2.71. The van der Waals surface area contributed by atoms with Crippen molar-refractivity contribution >= 4 is 21.9 Å². The molecule has 1 unspecified atom stereocenters. The molecule has 1 amide bonds. The quantitative estimate of drug-likeness (QED) is 0.670. The predicted octanol–water partition coefficient (Wildman–Crippen LogP) is 2.52. The van der Waals surface area contributed by atoms with Crippen LogP contribution in [-0.4, -0.2) is 48.8 Å². The lowest BCUT2D eigenvalue weighted by atomic mass is 9.96. The molecule has 2 N–H and O–H groups in total. The third-order valence-corrected chi connectivity index (χ3v) is 7.29. The second-order valence-corrected chi connectivity index (χ2v) is 9.36. The highest BCUT2D eigenvalue weighted by atomic mass is 32.2. The average Bonchev–Trinajstić information content (AvgIpc) is 3.23. The van der Waals surface area contributed by atoms with E-state index in [1.807, 2.05) is 13.0 Å². The number of nitrogens with one attached hydrogen (secondary N) is 1. The molecular weight excluding hydrogens is 404 g/mol. The first kappa shape index (κ1) is 22.0. The van der Waals surface area contributed by atoms with Crippen molar-refractivity contribution in [2.75, 3.05) is 13.1 Å². The molecule has 2 aromatic rings. The van der Waals surface area contributed by atoms with Crippen LogP contribution in [0.2, 0.25) is 0 Å². The number of carboxylic acids is 1. The predicted molar refractivity (Wildman–Crippen MR) is 113 cm³/mol. The SMILES string of the molecule is Cc1ccc(S(=O)(=O)N2CCC[C@H]2C(=O)NCCC(C(=O)O)c2ccccc2)cc1. The van der Waals surface area contributed by atoms with Gasteiger partial charge in [-0.15, -0.1) is 0 Å². The number of hydrogen-bond donors (Lipinski definition) is 2. The van der Waals surface area contributed by atoms with Crippen LogP contribution in [0, 0.1) is 6.92 Å². The Morgan fingerprint density at radius 2 is 1.80 bits per heavy atom. The Labute approximate surface area is 176 Å². The molecule has 0 bridgehead atoms. The average molecular weight is 431 g/mol. The zero-order chi connectivity index (χ0) is 21.7. The second-order valence-electron chi connectivity index (χ2n) is 7.47. The van der Waals surface area contributed by atoms with Crippen molar-refractivity contribution in [2.24, 2.45) is 0 Å². The van der Waals surface area contributed by atoms with Crippen LogP contribution in [0.3, 0.4) is 0 Å². The van der Waals surface area contributed by atoms with Crippen molar-refractivity contribution in [3.63, 3.8) is 0 Å². The van der Waals surface area contributed by atoms with Gasteiger partial charge in [-0.1, -0.05) is 48.0 Å². The summed E-state index contributed by atoms with van der Waals surface area (Å²) < 4.78 is 27.2. The standard InChI is InChI=1S/C22H26N2O5S/c1-16-9-11-18(12-10-16)30(28,29)24-15-5-8-20(24)21(25)23-14-13-19(22(26)27)17-6-3-2-4-7-17/h2-4,6-7,9-12,19-20H,5,8,13-15H2,1H3,(H,23,25)(H,26,27)/t19?,20-/m0/s1. The van der Waals surface area contributed by atoms with Crippen LogP contribution in [0.1, 0.15) is 36.3 Å². The van der Waals surface area contributed by atoms with E-state index in [1.165, 1.54) is 4.31 Å². The molecule has 0 radical (unpaired) electrons. The summed E-state index contributed by atoms with van der Waals surface area (Å²) in [6, 6.07) is 14.6. The van der Waals surface area contributed by atoms with Gasteiger partial charge < -0.3 is 10.4 Å². The molecule has 160 valence electrons. The van der Waals surface area contributed by atoms with Gasteiger partial charge in [-0.2, -0.15) is 4.31 Å². The third kappa shape index (κ3) is 4.88. The Morgan fingerprint density at radius 3 is 2.43 bits per heavy atom. The number of rotatable bonds is 8. The molecule has 30 heavy (non-hydrogen) atoms. The fourth-order valence-electron chi connectivity index (χ4n) is 3.71. The van der Waals surface area contributed by atoms with Gasteiger partial charge in [-0.25, -0.2) is 8.42 Å². The number of amides is 1. The fraction of sp³-hybridized carbons (Fsp3) is 0.364. The fourth-order valence-corrected chi connectivity index (χ4v) is 5.37. The molecule has 0 aliphatic carbocycles. The summed E-state index contributed by atoms with van der Waals surface area (Å²) in [5.41, 5.74) is 1.62. The number of sulfonamides is 1. The van der Waals surface area contributed by atoms with Crippen molar-refractivity contribution in [3.8, 4) is 0 Å². The number of hydrogen-bond acceptors (Lipinski definition) is 4. The maximum absolute atomic E-state index is 13.0. The van der Waals surface area contributed by atoms with E-state index < -0.39 is 28.0 Å². The Kier molecular flexibility index (Phi) is 6.89. The van der Waals surface area contributed by atoms with Gasteiger partial charge in [-0.3, -0.25) is 9.59 Å². The highest BCUT2D eigenvalue weighted by Crippen LogP contribution is 2.26. The van der Waals surface area contributed by atoms with Gasteiger partial charge in [0.25, 0.3) is 0 Å². The lowest BCUT2D eigenvalue weighted by Crippen LogP contribution is -2.46. The highest BCUT2D eigenvalue weighted by molar-refractivity contribution is 7.89. The first-order chi connectivity index (χ1) is 14.3. The van der Waals surface area contributed by atoms with E-state index in [2.05, 4.69) is 5.32 Å². The second kappa shape index (κ2) is 9.40. The van der Waals surface area contributed by atoms with Crippen molar-refractivity contribution in [1.29, 1.82) is 0 Å². The van der Waals surface area contributed by atoms with Gasteiger partial charge in [0.1, 0.15) is 6.04 Å². The number of carbonyl (C=O) groups excluding carboxylic acids is 1. The summed E-state index contributed by atoms with van der Waals surface area (Å²) in [5.74, 6) is -2.08. The van der Waals surface area contributed by atoms with E-state index >= 15 is 0 Å². The molecule has 3 rings (SSSR count). The van der Waals surface area contributed by atoms with Crippen molar-refractivity contribution in [1.82, 2.24) is 9.62 Å². The molecule has 8 heteroatoms. The molecule has 1 saturated heterocycles. The number of nitrogens with zero attached hydrogens (tertiary/aromatic N) is 1. The summed E-state index contributed by atoms with van der Waals surface area (Å²) in [4.78, 5) is 24.5. The Balaban J connectivity index is 1.64. The molecular formula is C22H26N2O5S. The summed E-state index contributed by atoms with van der Waals surface area (Å²) in [6.07, 6.45) is 1.27. The molecule has 2 aromatic carbocycles. The molecule has 0 aromatic heterocycles. The van der Waals surface area contributed by atoms with E-state index in [0.29, 0.717) is 18.4 Å². The molecule has 7 nitrogen and oxygen atoms in total. The van der Waals surface area contributed by atoms with Crippen molar-refractivity contribution in [3.05, 3.63) is 65.7 Å². The van der Waals surface area contributed by atoms with Gasteiger partial charge in [0.2, 0.25) is 15.9 Å². The third-order valence-electron chi connectivity index (χ3n) is 5.37. The maximum Gasteiger partial charge on any atom is 0.311 e. The minimum atomic E-state index is -3.77. The number of carboxylic acid groups (broad SMARTS) is 1. The molecule has 2 atom stereocenters. The number of aliphatic carboxylic acids is 1. The minimum absolute atomic E-state index is 0.152. The van der Waals surface area contributed by atoms with Gasteiger partial charge in [0, 0.05) is 13.1 Å². The first-order valence-electron chi connectivity index (χ1n) is 9.94. The molecule has 1 heterocycles. The van der Waals surface area contributed by atoms with Crippen molar-refractivity contribution < 1.29 is 23.1 Å². The van der Waals surface area contributed by atoms with Gasteiger partial charge in [-0.05, 0) is 43.9 Å². The highest BCUT2D eigenvalue weighted by Gasteiger charge is 2.39. The monoisotopic (exact) mass is 430 g/mol. The Morgan fingerprint density at radius 1 is 1.13 bits per heavy atom. The lowest BCUT2D eigenvalue weighted by Gasteiger charge is -2.24. The molecule has 1 aliphatic rings. The van der Waals surface area contributed by atoms with E-state index in [1.54, 1.807) is 48.5 Å². The summed E-state index contributed by atoms with van der Waals surface area (Å²) in [5, 5.41) is 12.2. The van der Waals surface area contributed by atoms with Crippen LogP contribution in [0.15, 0.2) is 59.5 Å². The van der Waals surface area contributed by atoms with Crippen LogP contribution in [0.25, 0.3) is 0 Å². The van der Waals surface area contributed by atoms with Crippen LogP contribution >= 0.6 is 0 Å². The Bertz CT molecular complexity index is 990. The van der Waals surface area contributed by atoms with Crippen LogP contribution in [0.5, 0.6) is 0 Å².